The predicted molar refractivity (Wildman–Crippen MR) is 152 cm³/mol. The number of rotatable bonds is 7. The topological polar surface area (TPSA) is 116 Å². The zero-order valence-electron chi connectivity index (χ0n) is 23.0. The van der Waals surface area contributed by atoms with Gasteiger partial charge in [-0.15, -0.1) is 11.3 Å². The third-order valence-corrected chi connectivity index (χ3v) is 10.9. The summed E-state index contributed by atoms with van der Waals surface area (Å²) in [5.41, 5.74) is 1.92. The van der Waals surface area contributed by atoms with Gasteiger partial charge >= 0.3 is 5.97 Å². The number of nitrogens with one attached hydrogen (secondary N) is 1. The van der Waals surface area contributed by atoms with Gasteiger partial charge in [-0.05, 0) is 75.9 Å². The van der Waals surface area contributed by atoms with Gasteiger partial charge in [-0.3, -0.25) is 14.4 Å². The molecule has 12 heteroatoms. The largest absolute Gasteiger partial charge is 0.466 e. The fourth-order valence-corrected chi connectivity index (χ4v) is 8.48. The van der Waals surface area contributed by atoms with Crippen molar-refractivity contribution in [2.45, 2.75) is 50.5 Å². The van der Waals surface area contributed by atoms with Gasteiger partial charge < -0.3 is 19.9 Å². The Balaban J connectivity index is 1.33. The summed E-state index contributed by atoms with van der Waals surface area (Å²) < 4.78 is 33.0. The molecule has 3 aliphatic heterocycles. The Kier molecular flexibility index (Phi) is 8.60. The summed E-state index contributed by atoms with van der Waals surface area (Å²) in [6.45, 7) is 5.42. The van der Waals surface area contributed by atoms with Crippen LogP contribution in [0.5, 0.6) is 0 Å². The SMILES string of the molecule is CCOC(=O)C1CCCN(S(=O)(=O)c2ccc(C(=O)Nc3sc4c(c3C(=O)N3CCCC3)CCN(C)C4)cc2)C1. The van der Waals surface area contributed by atoms with Crippen LogP contribution in [0.15, 0.2) is 29.2 Å². The molecule has 3 aliphatic rings. The van der Waals surface area contributed by atoms with Gasteiger partial charge in [0.2, 0.25) is 10.0 Å². The molecule has 0 bridgehead atoms. The minimum atomic E-state index is -3.84. The number of thiophene rings is 1. The fraction of sp³-hybridized carbons (Fsp3) is 0.536. The molecule has 1 aromatic carbocycles. The number of esters is 1. The van der Waals surface area contributed by atoms with E-state index in [0.29, 0.717) is 35.5 Å². The number of hydrogen-bond acceptors (Lipinski definition) is 8. The van der Waals surface area contributed by atoms with Crippen molar-refractivity contribution >= 4 is 44.1 Å². The van der Waals surface area contributed by atoms with Crippen LogP contribution in [-0.2, 0) is 32.5 Å². The number of piperidine rings is 1. The summed E-state index contributed by atoms with van der Waals surface area (Å²) in [6.07, 6.45) is 3.89. The minimum absolute atomic E-state index is 0.0288. The summed E-state index contributed by atoms with van der Waals surface area (Å²) in [4.78, 5) is 44.2. The number of carbonyl (C=O) groups excluding carboxylic acids is 3. The quantitative estimate of drug-likeness (QED) is 0.494. The summed E-state index contributed by atoms with van der Waals surface area (Å²) in [7, 11) is -1.80. The first-order valence-corrected chi connectivity index (χ1v) is 16.1. The molecule has 0 saturated carbocycles. The van der Waals surface area contributed by atoms with Crippen molar-refractivity contribution < 1.29 is 27.5 Å². The highest BCUT2D eigenvalue weighted by atomic mass is 32.2. The Morgan fingerprint density at radius 2 is 1.77 bits per heavy atom. The molecule has 1 atom stereocenters. The highest BCUT2D eigenvalue weighted by Gasteiger charge is 2.35. The zero-order chi connectivity index (χ0) is 28.4. The Labute approximate surface area is 239 Å². The third kappa shape index (κ3) is 5.81. The molecule has 2 saturated heterocycles. The molecular formula is C28H36N4O6S2. The van der Waals surface area contributed by atoms with E-state index in [0.717, 1.165) is 55.9 Å². The first-order chi connectivity index (χ1) is 19.2. The number of benzene rings is 1. The summed E-state index contributed by atoms with van der Waals surface area (Å²) in [6, 6.07) is 5.81. The van der Waals surface area contributed by atoms with Crippen molar-refractivity contribution in [3.63, 3.8) is 0 Å². The number of anilines is 1. The molecule has 0 aliphatic carbocycles. The average Bonchev–Trinajstić information content (AvgIpc) is 3.61. The van der Waals surface area contributed by atoms with Crippen LogP contribution in [0.4, 0.5) is 5.00 Å². The van der Waals surface area contributed by atoms with E-state index in [1.54, 1.807) is 6.92 Å². The van der Waals surface area contributed by atoms with Crippen LogP contribution < -0.4 is 5.32 Å². The van der Waals surface area contributed by atoms with Crippen molar-refractivity contribution in [3.05, 3.63) is 45.8 Å². The number of hydrogen-bond donors (Lipinski definition) is 1. The van der Waals surface area contributed by atoms with Gasteiger partial charge in [-0.2, -0.15) is 4.31 Å². The Hall–Kier alpha value is -2.80. The van der Waals surface area contributed by atoms with Crippen LogP contribution >= 0.6 is 11.3 Å². The maximum atomic E-state index is 13.5. The maximum absolute atomic E-state index is 13.5. The smallest absolute Gasteiger partial charge is 0.310 e. The van der Waals surface area contributed by atoms with Crippen LogP contribution in [-0.4, -0.2) is 86.7 Å². The Bertz CT molecular complexity index is 1380. The lowest BCUT2D eigenvalue weighted by Gasteiger charge is -2.30. The lowest BCUT2D eigenvalue weighted by molar-refractivity contribution is -0.149. The minimum Gasteiger partial charge on any atom is -0.466 e. The van der Waals surface area contributed by atoms with E-state index in [9.17, 15) is 22.8 Å². The van der Waals surface area contributed by atoms with E-state index in [-0.39, 0.29) is 29.9 Å². The lowest BCUT2D eigenvalue weighted by Crippen LogP contribution is -2.42. The van der Waals surface area contributed by atoms with E-state index >= 15 is 0 Å². The van der Waals surface area contributed by atoms with Crippen LogP contribution in [0.25, 0.3) is 0 Å². The molecule has 2 fully saturated rings. The highest BCUT2D eigenvalue weighted by Crippen LogP contribution is 2.38. The molecule has 1 aromatic heterocycles. The van der Waals surface area contributed by atoms with Crippen molar-refractivity contribution in [1.29, 1.82) is 0 Å². The molecular weight excluding hydrogens is 552 g/mol. The number of likely N-dealkylation sites (tertiary alicyclic amines) is 1. The van der Waals surface area contributed by atoms with Gasteiger partial charge in [-0.1, -0.05) is 0 Å². The van der Waals surface area contributed by atoms with Gasteiger partial charge in [0.15, 0.2) is 0 Å². The second-order valence-electron chi connectivity index (χ2n) is 10.6. The van der Waals surface area contributed by atoms with E-state index in [4.69, 9.17) is 4.74 Å². The second kappa shape index (κ2) is 12.0. The zero-order valence-corrected chi connectivity index (χ0v) is 24.6. The molecule has 1 N–H and O–H groups in total. The Morgan fingerprint density at radius 1 is 1.05 bits per heavy atom. The van der Waals surface area contributed by atoms with Crippen molar-refractivity contribution in [2.75, 3.05) is 51.7 Å². The maximum Gasteiger partial charge on any atom is 0.310 e. The Morgan fingerprint density at radius 3 is 2.48 bits per heavy atom. The molecule has 0 radical (unpaired) electrons. The van der Waals surface area contributed by atoms with E-state index in [2.05, 4.69) is 10.2 Å². The molecule has 5 rings (SSSR count). The van der Waals surface area contributed by atoms with Crippen LogP contribution in [0, 0.1) is 5.92 Å². The third-order valence-electron chi connectivity index (χ3n) is 7.84. The molecule has 0 spiro atoms. The molecule has 10 nitrogen and oxygen atoms in total. The molecule has 1 unspecified atom stereocenters. The number of likely N-dealkylation sites (N-methyl/N-ethyl adjacent to an activating group) is 1. The number of nitrogens with zero attached hydrogens (tertiary/aromatic N) is 3. The lowest BCUT2D eigenvalue weighted by atomic mass is 10.0. The number of sulfonamides is 1. The predicted octanol–water partition coefficient (Wildman–Crippen LogP) is 3.19. The number of amides is 2. The van der Waals surface area contributed by atoms with Gasteiger partial charge in [0.05, 0.1) is 23.0 Å². The van der Waals surface area contributed by atoms with Crippen LogP contribution in [0.3, 0.4) is 0 Å². The van der Waals surface area contributed by atoms with Gasteiger partial charge in [0.1, 0.15) is 5.00 Å². The molecule has 40 heavy (non-hydrogen) atoms. The normalized spacial score (nSPS) is 20.2. The average molecular weight is 589 g/mol. The van der Waals surface area contributed by atoms with E-state index in [1.807, 2.05) is 11.9 Å². The van der Waals surface area contributed by atoms with Gasteiger partial charge in [0, 0.05) is 49.7 Å². The number of carbonyl (C=O) groups is 3. The molecule has 4 heterocycles. The van der Waals surface area contributed by atoms with Crippen molar-refractivity contribution in [1.82, 2.24) is 14.1 Å². The number of fused-ring (bicyclic) bond motifs is 1. The van der Waals surface area contributed by atoms with Gasteiger partial charge in [0.25, 0.3) is 11.8 Å². The first kappa shape index (κ1) is 28.7. The van der Waals surface area contributed by atoms with E-state index in [1.165, 1.54) is 39.9 Å². The number of ether oxygens (including phenoxy) is 1. The highest BCUT2D eigenvalue weighted by molar-refractivity contribution is 7.89. The van der Waals surface area contributed by atoms with Crippen LogP contribution in [0.2, 0.25) is 0 Å². The van der Waals surface area contributed by atoms with E-state index < -0.39 is 21.8 Å². The molecule has 2 aromatic rings. The van der Waals surface area contributed by atoms with Crippen molar-refractivity contribution in [2.24, 2.45) is 5.92 Å². The fourth-order valence-electron chi connectivity index (χ4n) is 5.64. The van der Waals surface area contributed by atoms with Gasteiger partial charge in [-0.25, -0.2) is 8.42 Å². The molecule has 216 valence electrons. The van der Waals surface area contributed by atoms with Crippen molar-refractivity contribution in [3.8, 4) is 0 Å². The monoisotopic (exact) mass is 588 g/mol. The summed E-state index contributed by atoms with van der Waals surface area (Å²) >= 11 is 1.45. The van der Waals surface area contributed by atoms with Crippen LogP contribution in [0.1, 0.15) is 63.8 Å². The second-order valence-corrected chi connectivity index (χ2v) is 13.7. The standard InChI is InChI=1S/C28H36N4O6S2/c1-3-38-28(35)20-7-6-15-32(17-20)40(36,37)21-10-8-19(9-11-21)25(33)29-26-24(27(34)31-13-4-5-14-31)22-12-16-30(2)18-23(22)39-26/h8-11,20H,3-7,12-18H2,1-2H3,(H,29,33). The summed E-state index contributed by atoms with van der Waals surface area (Å²) in [5.74, 6) is -1.29. The first-order valence-electron chi connectivity index (χ1n) is 13.9. The molecule has 2 amide bonds. The summed E-state index contributed by atoms with van der Waals surface area (Å²) in [5, 5.41) is 3.51.